The summed E-state index contributed by atoms with van der Waals surface area (Å²) in [4.78, 5) is 7.28. The van der Waals surface area contributed by atoms with Crippen molar-refractivity contribution in [2.75, 3.05) is 32.8 Å². The zero-order valence-electron chi connectivity index (χ0n) is 14.8. The Labute approximate surface area is 162 Å². The highest BCUT2D eigenvalue weighted by atomic mass is 127. The second-order valence-electron chi connectivity index (χ2n) is 7.54. The Kier molecular flexibility index (Phi) is 6.65. The maximum atomic E-state index is 6.08. The molecular weight excluding hydrogens is 417 g/mol. The monoisotopic (exact) mass is 449 g/mol. The van der Waals surface area contributed by atoms with E-state index >= 15 is 0 Å². The van der Waals surface area contributed by atoms with Crippen molar-refractivity contribution in [1.29, 1.82) is 0 Å². The number of guanidine groups is 1. The Morgan fingerprint density at radius 1 is 1.12 bits per heavy atom. The first-order valence-electron chi connectivity index (χ1n) is 9.65. The van der Waals surface area contributed by atoms with Crippen molar-refractivity contribution < 1.29 is 9.47 Å². The lowest BCUT2D eigenvalue weighted by Crippen LogP contribution is -2.41. The van der Waals surface area contributed by atoms with E-state index in [0.717, 1.165) is 50.6 Å². The Morgan fingerprint density at radius 2 is 1.79 bits per heavy atom. The molecule has 24 heavy (non-hydrogen) atoms. The molecule has 0 radical (unpaired) electrons. The van der Waals surface area contributed by atoms with Gasteiger partial charge in [-0.3, -0.25) is 4.99 Å². The van der Waals surface area contributed by atoms with Gasteiger partial charge in [0.1, 0.15) is 0 Å². The minimum Gasteiger partial charge on any atom is -0.376 e. The van der Waals surface area contributed by atoms with Crippen molar-refractivity contribution in [2.24, 2.45) is 16.8 Å². The highest BCUT2D eigenvalue weighted by molar-refractivity contribution is 14.0. The van der Waals surface area contributed by atoms with E-state index in [1.54, 1.807) is 0 Å². The molecule has 0 spiro atoms. The van der Waals surface area contributed by atoms with Crippen molar-refractivity contribution in [1.82, 2.24) is 10.2 Å². The summed E-state index contributed by atoms with van der Waals surface area (Å²) in [6.45, 7) is 6.83. The average molecular weight is 449 g/mol. The Hall–Kier alpha value is -0.0800. The predicted molar refractivity (Wildman–Crippen MR) is 106 cm³/mol. The molecule has 4 fully saturated rings. The lowest BCUT2D eigenvalue weighted by molar-refractivity contribution is 0.0640. The molecular formula is C18H32IN3O2. The van der Waals surface area contributed by atoms with Crippen LogP contribution in [-0.4, -0.2) is 62.0 Å². The summed E-state index contributed by atoms with van der Waals surface area (Å²) < 4.78 is 12.0. The quantitative estimate of drug-likeness (QED) is 0.304. The zero-order chi connectivity index (χ0) is 15.6. The number of nitrogens with one attached hydrogen (secondary N) is 1. The fraction of sp³-hybridized carbons (Fsp3) is 0.944. The molecule has 5 nitrogen and oxygen atoms in total. The molecule has 3 heterocycles. The van der Waals surface area contributed by atoms with Crippen LogP contribution in [0.1, 0.15) is 45.4 Å². The first-order chi connectivity index (χ1) is 11.3. The molecule has 2 bridgehead atoms. The molecule has 4 unspecified atom stereocenters. The number of hydrogen-bond acceptors (Lipinski definition) is 3. The maximum absolute atomic E-state index is 6.08. The van der Waals surface area contributed by atoms with Gasteiger partial charge < -0.3 is 19.7 Å². The molecule has 0 aromatic heterocycles. The fourth-order valence-corrected chi connectivity index (χ4v) is 4.98. The molecule has 4 atom stereocenters. The number of hydrogen-bond donors (Lipinski definition) is 1. The Balaban J connectivity index is 0.00000169. The minimum absolute atomic E-state index is 0. The number of halogens is 1. The minimum atomic E-state index is 0. The van der Waals surface area contributed by atoms with Crippen LogP contribution < -0.4 is 5.32 Å². The number of fused-ring (bicyclic) bond motifs is 5. The van der Waals surface area contributed by atoms with Crippen LogP contribution >= 0.6 is 24.0 Å². The number of aliphatic imine (C=N–C) groups is 1. The Bertz CT molecular complexity index is 424. The van der Waals surface area contributed by atoms with E-state index in [1.165, 1.54) is 38.5 Å². The number of ether oxygens (including phenoxy) is 2. The highest BCUT2D eigenvalue weighted by Crippen LogP contribution is 2.47. The summed E-state index contributed by atoms with van der Waals surface area (Å²) in [7, 11) is 0. The third-order valence-electron chi connectivity index (χ3n) is 6.10. The van der Waals surface area contributed by atoms with Crippen molar-refractivity contribution in [3.8, 4) is 0 Å². The molecule has 138 valence electrons. The van der Waals surface area contributed by atoms with Crippen LogP contribution in [0.15, 0.2) is 4.99 Å². The largest absolute Gasteiger partial charge is 0.376 e. The lowest BCUT2D eigenvalue weighted by atomic mass is 9.82. The molecule has 3 aliphatic heterocycles. The SMILES string of the molecule is CCNC(=NCCOC1CCCC1)N1CC2C3CCC(O3)C2C1.I. The molecule has 1 aliphatic carbocycles. The van der Waals surface area contributed by atoms with E-state index in [0.29, 0.717) is 18.3 Å². The average Bonchev–Trinajstić information content (AvgIpc) is 3.33. The van der Waals surface area contributed by atoms with E-state index in [1.807, 2.05) is 0 Å². The van der Waals surface area contributed by atoms with Gasteiger partial charge in [-0.15, -0.1) is 24.0 Å². The van der Waals surface area contributed by atoms with Gasteiger partial charge in [0, 0.05) is 31.5 Å². The first kappa shape index (κ1) is 18.7. The molecule has 1 N–H and O–H groups in total. The summed E-state index contributed by atoms with van der Waals surface area (Å²) >= 11 is 0. The lowest BCUT2D eigenvalue weighted by Gasteiger charge is -2.23. The molecule has 0 aromatic carbocycles. The van der Waals surface area contributed by atoms with Gasteiger partial charge in [-0.2, -0.15) is 0 Å². The molecule has 4 aliphatic rings. The van der Waals surface area contributed by atoms with Gasteiger partial charge in [0.15, 0.2) is 5.96 Å². The number of rotatable bonds is 5. The van der Waals surface area contributed by atoms with Crippen LogP contribution in [0.25, 0.3) is 0 Å². The van der Waals surface area contributed by atoms with Gasteiger partial charge in [-0.05, 0) is 32.6 Å². The topological polar surface area (TPSA) is 46.1 Å². The fourth-order valence-electron chi connectivity index (χ4n) is 4.98. The smallest absolute Gasteiger partial charge is 0.194 e. The second-order valence-corrected chi connectivity index (χ2v) is 7.54. The number of likely N-dealkylation sites (tertiary alicyclic amines) is 1. The first-order valence-corrected chi connectivity index (χ1v) is 9.65. The summed E-state index contributed by atoms with van der Waals surface area (Å²) in [5.41, 5.74) is 0. The highest BCUT2D eigenvalue weighted by Gasteiger charge is 2.53. The Morgan fingerprint density at radius 3 is 2.42 bits per heavy atom. The van der Waals surface area contributed by atoms with Crippen LogP contribution in [0.2, 0.25) is 0 Å². The van der Waals surface area contributed by atoms with Crippen LogP contribution in [0.5, 0.6) is 0 Å². The molecule has 6 heteroatoms. The van der Waals surface area contributed by atoms with Crippen LogP contribution in [-0.2, 0) is 9.47 Å². The number of nitrogens with zero attached hydrogens (tertiary/aromatic N) is 2. The normalized spacial score (nSPS) is 35.4. The summed E-state index contributed by atoms with van der Waals surface area (Å²) in [5, 5.41) is 3.47. The summed E-state index contributed by atoms with van der Waals surface area (Å²) in [6, 6.07) is 0. The van der Waals surface area contributed by atoms with Crippen LogP contribution in [0.3, 0.4) is 0 Å². The molecule has 3 saturated heterocycles. The second kappa shape index (κ2) is 8.54. The van der Waals surface area contributed by atoms with Gasteiger partial charge in [0.25, 0.3) is 0 Å². The van der Waals surface area contributed by atoms with E-state index in [9.17, 15) is 0 Å². The van der Waals surface area contributed by atoms with E-state index < -0.39 is 0 Å². The third-order valence-corrected chi connectivity index (χ3v) is 6.10. The van der Waals surface area contributed by atoms with Crippen molar-refractivity contribution in [3.05, 3.63) is 0 Å². The van der Waals surface area contributed by atoms with Gasteiger partial charge in [0.2, 0.25) is 0 Å². The van der Waals surface area contributed by atoms with E-state index in [-0.39, 0.29) is 24.0 Å². The van der Waals surface area contributed by atoms with Gasteiger partial charge in [0.05, 0.1) is 31.5 Å². The molecule has 1 saturated carbocycles. The van der Waals surface area contributed by atoms with Crippen molar-refractivity contribution >= 4 is 29.9 Å². The van der Waals surface area contributed by atoms with Gasteiger partial charge in [-0.1, -0.05) is 12.8 Å². The molecule has 0 amide bonds. The zero-order valence-corrected chi connectivity index (χ0v) is 17.1. The standard InChI is InChI=1S/C18H31N3O2.HI/c1-2-19-18(20-9-10-22-13-5-3-4-6-13)21-11-14-15(12-21)17-8-7-16(14)23-17;/h13-17H,2-12H2,1H3,(H,19,20);1H. The summed E-state index contributed by atoms with van der Waals surface area (Å²) in [5.74, 6) is 2.54. The van der Waals surface area contributed by atoms with Crippen LogP contribution in [0.4, 0.5) is 0 Å². The van der Waals surface area contributed by atoms with Crippen LogP contribution in [0, 0.1) is 11.8 Å². The van der Waals surface area contributed by atoms with Crippen molar-refractivity contribution in [3.63, 3.8) is 0 Å². The maximum Gasteiger partial charge on any atom is 0.194 e. The van der Waals surface area contributed by atoms with Gasteiger partial charge >= 0.3 is 0 Å². The van der Waals surface area contributed by atoms with Crippen molar-refractivity contribution in [2.45, 2.75) is 63.8 Å². The molecule has 0 aromatic rings. The molecule has 4 rings (SSSR count). The van der Waals surface area contributed by atoms with Gasteiger partial charge in [-0.25, -0.2) is 0 Å². The third kappa shape index (κ3) is 3.85. The van der Waals surface area contributed by atoms with E-state index in [2.05, 4.69) is 17.1 Å². The summed E-state index contributed by atoms with van der Waals surface area (Å²) in [6.07, 6.45) is 9.20. The predicted octanol–water partition coefficient (Wildman–Crippen LogP) is 2.64. The van der Waals surface area contributed by atoms with E-state index in [4.69, 9.17) is 14.5 Å².